The van der Waals surface area contributed by atoms with Crippen molar-refractivity contribution in [3.8, 4) is 0 Å². The Labute approximate surface area is 101 Å². The Hall–Kier alpha value is -0.540. The van der Waals surface area contributed by atoms with E-state index >= 15 is 0 Å². The van der Waals surface area contributed by atoms with E-state index in [1.165, 1.54) is 0 Å². The third-order valence-corrected chi connectivity index (χ3v) is 4.16. The van der Waals surface area contributed by atoms with Gasteiger partial charge in [-0.2, -0.15) is 13.2 Å². The van der Waals surface area contributed by atoms with Crippen molar-refractivity contribution in [3.05, 3.63) is 5.01 Å². The molecule has 1 unspecified atom stereocenters. The summed E-state index contributed by atoms with van der Waals surface area (Å²) >= 11 is 7.06. The molecule has 1 aromatic rings. The molecule has 1 aliphatic heterocycles. The molecule has 10 heteroatoms. The Morgan fingerprint density at radius 2 is 2.12 bits per heavy atom. The number of hydrogen-bond acceptors (Lipinski definition) is 5. The molecule has 16 heavy (non-hydrogen) atoms. The van der Waals surface area contributed by atoms with Gasteiger partial charge in [0.2, 0.25) is 10.1 Å². The normalized spacial score (nSPS) is 21.9. The summed E-state index contributed by atoms with van der Waals surface area (Å²) in [6.07, 6.45) is -4.54. The minimum Gasteiger partial charge on any atom is -0.275 e. The number of amides is 1. The van der Waals surface area contributed by atoms with Gasteiger partial charge >= 0.3 is 6.18 Å². The van der Waals surface area contributed by atoms with Gasteiger partial charge in [0, 0.05) is 0 Å². The van der Waals surface area contributed by atoms with Gasteiger partial charge in [-0.1, -0.05) is 11.3 Å². The summed E-state index contributed by atoms with van der Waals surface area (Å²) in [7, 11) is 0. The Morgan fingerprint density at radius 1 is 1.44 bits per heavy atom. The molecule has 88 valence electrons. The van der Waals surface area contributed by atoms with E-state index in [9.17, 15) is 18.0 Å². The lowest BCUT2D eigenvalue weighted by Crippen LogP contribution is -2.27. The smallest absolute Gasteiger partial charge is 0.275 e. The van der Waals surface area contributed by atoms with Gasteiger partial charge in [0.1, 0.15) is 0 Å². The van der Waals surface area contributed by atoms with Crippen LogP contribution >= 0.6 is 34.7 Å². The number of carbonyl (C=O) groups excluding carboxylic acids is 1. The van der Waals surface area contributed by atoms with Crippen molar-refractivity contribution in [2.24, 2.45) is 0 Å². The molecule has 2 rings (SSSR count). The van der Waals surface area contributed by atoms with Crippen LogP contribution in [0, 0.1) is 0 Å². The Bertz CT molecular complexity index is 423. The van der Waals surface area contributed by atoms with Crippen LogP contribution in [-0.4, -0.2) is 26.7 Å². The zero-order valence-corrected chi connectivity index (χ0v) is 9.75. The first-order chi connectivity index (χ1) is 7.39. The highest BCUT2D eigenvalue weighted by Gasteiger charge is 2.39. The first-order valence-electron chi connectivity index (χ1n) is 3.87. The quantitative estimate of drug-likeness (QED) is 0.743. The fraction of sp³-hybridized carbons (Fsp3) is 0.500. The highest BCUT2D eigenvalue weighted by atomic mass is 35.5. The van der Waals surface area contributed by atoms with Crippen LogP contribution in [0.2, 0.25) is 0 Å². The zero-order chi connectivity index (χ0) is 11.9. The number of carbonyl (C=O) groups is 1. The number of aromatic nitrogens is 2. The fourth-order valence-corrected chi connectivity index (χ4v) is 2.87. The summed E-state index contributed by atoms with van der Waals surface area (Å²) in [5.74, 6) is -0.268. The Kier molecular flexibility index (Phi) is 3.01. The van der Waals surface area contributed by atoms with Gasteiger partial charge in [0.25, 0.3) is 5.91 Å². The van der Waals surface area contributed by atoms with Gasteiger partial charge in [-0.25, -0.2) is 0 Å². The third-order valence-electron chi connectivity index (χ3n) is 1.70. The van der Waals surface area contributed by atoms with Crippen LogP contribution in [0.5, 0.6) is 0 Å². The minimum absolute atomic E-state index is 0.0759. The Balaban J connectivity index is 2.23. The number of anilines is 1. The summed E-state index contributed by atoms with van der Waals surface area (Å²) in [6, 6.07) is 0. The minimum atomic E-state index is -4.54. The molecule has 0 aromatic carbocycles. The van der Waals surface area contributed by atoms with Crippen LogP contribution in [-0.2, 0) is 11.0 Å². The molecular formula is C6H3ClF3N3OS2. The molecule has 1 aromatic heterocycles. The summed E-state index contributed by atoms with van der Waals surface area (Å²) in [5.41, 5.74) is 0. The lowest BCUT2D eigenvalue weighted by Gasteiger charge is -2.08. The van der Waals surface area contributed by atoms with Gasteiger partial charge < -0.3 is 0 Å². The number of nitrogens with zero attached hydrogens (tertiary/aromatic N) is 3. The average Bonchev–Trinajstić information content (AvgIpc) is 2.74. The number of rotatable bonds is 1. The maximum Gasteiger partial charge on any atom is 0.445 e. The largest absolute Gasteiger partial charge is 0.445 e. The van der Waals surface area contributed by atoms with Crippen LogP contribution < -0.4 is 4.90 Å². The Morgan fingerprint density at radius 3 is 2.56 bits per heavy atom. The summed E-state index contributed by atoms with van der Waals surface area (Å²) in [5, 5.41) is 5.17. The molecular weight excluding hydrogens is 287 g/mol. The average molecular weight is 290 g/mol. The molecule has 1 atom stereocenters. The predicted octanol–water partition coefficient (Wildman–Crippen LogP) is 2.16. The monoisotopic (exact) mass is 289 g/mol. The molecule has 0 radical (unpaired) electrons. The van der Waals surface area contributed by atoms with Crippen molar-refractivity contribution in [3.63, 3.8) is 0 Å². The summed E-state index contributed by atoms with van der Waals surface area (Å²) in [4.78, 5) is 12.5. The highest BCUT2D eigenvalue weighted by Crippen LogP contribution is 2.37. The van der Waals surface area contributed by atoms with E-state index in [2.05, 4.69) is 10.2 Å². The molecule has 0 bridgehead atoms. The van der Waals surface area contributed by atoms with Crippen LogP contribution in [0.3, 0.4) is 0 Å². The van der Waals surface area contributed by atoms with E-state index in [-0.39, 0.29) is 11.0 Å². The molecule has 0 aliphatic carbocycles. The van der Waals surface area contributed by atoms with Gasteiger partial charge in [-0.15, -0.1) is 33.6 Å². The standard InChI is InChI=1S/C6H3ClF3N3OS2/c7-2-3(14)13(1-15-2)5-12-11-4(16-5)6(8,9)10/h2H,1H2. The molecule has 1 saturated heterocycles. The molecule has 0 saturated carbocycles. The second-order valence-corrected chi connectivity index (χ2v) is 5.48. The first-order valence-corrected chi connectivity index (χ1v) is 6.17. The van der Waals surface area contributed by atoms with E-state index in [1.807, 2.05) is 0 Å². The fourth-order valence-electron chi connectivity index (χ4n) is 0.986. The molecule has 4 nitrogen and oxygen atoms in total. The number of halogens is 4. The molecule has 1 fully saturated rings. The number of thioether (sulfide) groups is 1. The van der Waals surface area contributed by atoms with Crippen LogP contribution in [0.15, 0.2) is 0 Å². The zero-order valence-electron chi connectivity index (χ0n) is 7.36. The van der Waals surface area contributed by atoms with E-state index < -0.39 is 21.8 Å². The maximum absolute atomic E-state index is 12.2. The molecule has 1 amide bonds. The molecule has 1 aliphatic rings. The first kappa shape index (κ1) is 11.9. The second kappa shape index (κ2) is 4.04. The number of alkyl halides is 4. The van der Waals surface area contributed by atoms with E-state index in [1.54, 1.807) is 0 Å². The van der Waals surface area contributed by atoms with Crippen molar-refractivity contribution in [2.75, 3.05) is 10.8 Å². The summed E-state index contributed by atoms with van der Waals surface area (Å²) < 4.78 is 35.9. The van der Waals surface area contributed by atoms with Crippen molar-refractivity contribution >= 4 is 45.7 Å². The van der Waals surface area contributed by atoms with Crippen molar-refractivity contribution in [2.45, 2.75) is 10.9 Å². The van der Waals surface area contributed by atoms with Gasteiger partial charge in [0.05, 0.1) is 5.88 Å². The van der Waals surface area contributed by atoms with Crippen molar-refractivity contribution in [1.29, 1.82) is 0 Å². The van der Waals surface area contributed by atoms with Gasteiger partial charge in [-0.05, 0) is 0 Å². The lowest BCUT2D eigenvalue weighted by molar-refractivity contribution is -0.138. The van der Waals surface area contributed by atoms with Crippen LogP contribution in [0.4, 0.5) is 18.3 Å². The third kappa shape index (κ3) is 2.11. The van der Waals surface area contributed by atoms with Gasteiger partial charge in [-0.3, -0.25) is 9.69 Å². The summed E-state index contributed by atoms with van der Waals surface area (Å²) in [6.45, 7) is 0. The maximum atomic E-state index is 12.2. The van der Waals surface area contributed by atoms with E-state index in [0.29, 0.717) is 11.3 Å². The van der Waals surface area contributed by atoms with E-state index in [4.69, 9.17) is 11.6 Å². The van der Waals surface area contributed by atoms with Crippen LogP contribution in [0.1, 0.15) is 5.01 Å². The predicted molar refractivity (Wildman–Crippen MR) is 54.5 cm³/mol. The molecule has 0 N–H and O–H groups in total. The van der Waals surface area contributed by atoms with Crippen LogP contribution in [0.25, 0.3) is 0 Å². The SMILES string of the molecule is O=C1C(Cl)SCN1c1nnc(C(F)(F)F)s1. The molecule has 2 heterocycles. The van der Waals surface area contributed by atoms with E-state index in [0.717, 1.165) is 16.7 Å². The molecule has 0 spiro atoms. The van der Waals surface area contributed by atoms with Crippen molar-refractivity contribution in [1.82, 2.24) is 10.2 Å². The van der Waals surface area contributed by atoms with Crippen molar-refractivity contribution < 1.29 is 18.0 Å². The number of hydrogen-bond donors (Lipinski definition) is 0. The second-order valence-electron chi connectivity index (χ2n) is 2.77. The highest BCUT2D eigenvalue weighted by molar-refractivity contribution is 8.02. The topological polar surface area (TPSA) is 46.1 Å². The van der Waals surface area contributed by atoms with Gasteiger partial charge in [0.15, 0.2) is 4.71 Å². The lowest BCUT2D eigenvalue weighted by atomic mass is 10.6.